The maximum atomic E-state index is 9.40. The van der Waals surface area contributed by atoms with E-state index in [0.717, 1.165) is 49.6 Å². The van der Waals surface area contributed by atoms with Crippen LogP contribution in [-0.4, -0.2) is 40.8 Å². The molecule has 0 amide bonds. The molecule has 1 aliphatic heterocycles. The Kier molecular flexibility index (Phi) is 4.36. The van der Waals surface area contributed by atoms with E-state index in [1.807, 2.05) is 6.92 Å². The first-order valence-corrected chi connectivity index (χ1v) is 6.71. The zero-order chi connectivity index (χ0) is 13.0. The summed E-state index contributed by atoms with van der Waals surface area (Å²) in [4.78, 5) is 10.9. The minimum atomic E-state index is 0.196. The highest BCUT2D eigenvalue weighted by Crippen LogP contribution is 2.28. The van der Waals surface area contributed by atoms with E-state index in [2.05, 4.69) is 27.1 Å². The molecule has 0 aliphatic carbocycles. The summed E-state index contributed by atoms with van der Waals surface area (Å²) >= 11 is 0. The molecular formula is C13H22N4O. The van der Waals surface area contributed by atoms with Crippen molar-refractivity contribution in [1.29, 1.82) is 0 Å². The molecular weight excluding hydrogens is 228 g/mol. The molecule has 1 fully saturated rings. The van der Waals surface area contributed by atoms with Gasteiger partial charge in [-0.3, -0.25) is 0 Å². The van der Waals surface area contributed by atoms with Gasteiger partial charge in [0.2, 0.25) is 0 Å². The lowest BCUT2D eigenvalue weighted by Crippen LogP contribution is -2.33. The fourth-order valence-corrected chi connectivity index (χ4v) is 2.46. The van der Waals surface area contributed by atoms with Crippen LogP contribution in [-0.2, 0) is 0 Å². The topological polar surface area (TPSA) is 61.3 Å². The smallest absolute Gasteiger partial charge is 0.137 e. The Morgan fingerprint density at radius 3 is 3.06 bits per heavy atom. The number of aromatic nitrogens is 2. The number of hydrogen-bond donors (Lipinski definition) is 2. The highest BCUT2D eigenvalue weighted by molar-refractivity contribution is 5.58. The van der Waals surface area contributed by atoms with Crippen LogP contribution in [0.3, 0.4) is 0 Å². The van der Waals surface area contributed by atoms with Crippen LogP contribution < -0.4 is 10.2 Å². The molecule has 0 radical (unpaired) electrons. The zero-order valence-corrected chi connectivity index (χ0v) is 11.2. The third kappa shape index (κ3) is 2.56. The Balaban J connectivity index is 2.22. The molecule has 1 aromatic rings. The summed E-state index contributed by atoms with van der Waals surface area (Å²) in [5.74, 6) is 1.87. The lowest BCUT2D eigenvalue weighted by molar-refractivity contribution is 0.266. The van der Waals surface area contributed by atoms with Crippen LogP contribution >= 0.6 is 0 Å². The standard InChI is InChI=1S/C13H22N4O/c1-3-6-14-12-10(2)13(16-9-15-12)17-7-4-5-11(17)8-18/h9,11,18H,3-8H2,1-2H3,(H,14,15,16). The second-order valence-electron chi connectivity index (χ2n) is 4.77. The van der Waals surface area contributed by atoms with Crippen LogP contribution in [0.5, 0.6) is 0 Å². The number of hydrogen-bond acceptors (Lipinski definition) is 5. The molecule has 18 heavy (non-hydrogen) atoms. The zero-order valence-electron chi connectivity index (χ0n) is 11.2. The highest BCUT2D eigenvalue weighted by atomic mass is 16.3. The number of nitrogens with one attached hydrogen (secondary N) is 1. The monoisotopic (exact) mass is 250 g/mol. The fourth-order valence-electron chi connectivity index (χ4n) is 2.46. The minimum absolute atomic E-state index is 0.196. The number of aliphatic hydroxyl groups excluding tert-OH is 1. The molecule has 5 nitrogen and oxygen atoms in total. The van der Waals surface area contributed by atoms with E-state index in [-0.39, 0.29) is 12.6 Å². The summed E-state index contributed by atoms with van der Waals surface area (Å²) in [5, 5.41) is 12.7. The first-order valence-electron chi connectivity index (χ1n) is 6.71. The number of aliphatic hydroxyl groups is 1. The molecule has 2 heterocycles. The molecule has 2 rings (SSSR count). The van der Waals surface area contributed by atoms with Gasteiger partial charge in [-0.15, -0.1) is 0 Å². The Labute approximate surface area is 108 Å². The van der Waals surface area contributed by atoms with Gasteiger partial charge in [-0.2, -0.15) is 0 Å². The van der Waals surface area contributed by atoms with E-state index in [1.54, 1.807) is 6.33 Å². The van der Waals surface area contributed by atoms with Crippen molar-refractivity contribution in [1.82, 2.24) is 9.97 Å². The predicted molar refractivity (Wildman–Crippen MR) is 73.0 cm³/mol. The van der Waals surface area contributed by atoms with E-state index < -0.39 is 0 Å². The minimum Gasteiger partial charge on any atom is -0.394 e. The van der Waals surface area contributed by atoms with Crippen LogP contribution in [0.2, 0.25) is 0 Å². The van der Waals surface area contributed by atoms with E-state index >= 15 is 0 Å². The van der Waals surface area contributed by atoms with Gasteiger partial charge in [0, 0.05) is 18.7 Å². The largest absolute Gasteiger partial charge is 0.394 e. The van der Waals surface area contributed by atoms with E-state index in [9.17, 15) is 5.11 Å². The summed E-state index contributed by atoms with van der Waals surface area (Å²) in [6, 6.07) is 0.206. The second-order valence-corrected chi connectivity index (χ2v) is 4.77. The number of anilines is 2. The molecule has 1 saturated heterocycles. The van der Waals surface area contributed by atoms with E-state index in [1.165, 1.54) is 0 Å². The average Bonchev–Trinajstić information content (AvgIpc) is 2.85. The predicted octanol–water partition coefficient (Wildman–Crippen LogP) is 1.57. The highest BCUT2D eigenvalue weighted by Gasteiger charge is 2.26. The summed E-state index contributed by atoms with van der Waals surface area (Å²) < 4.78 is 0. The van der Waals surface area contributed by atoms with Crippen molar-refractivity contribution in [2.45, 2.75) is 39.2 Å². The van der Waals surface area contributed by atoms with Crippen LogP contribution in [0.15, 0.2) is 6.33 Å². The van der Waals surface area contributed by atoms with Gasteiger partial charge in [0.25, 0.3) is 0 Å². The first kappa shape index (κ1) is 13.1. The first-order chi connectivity index (χ1) is 8.77. The van der Waals surface area contributed by atoms with Crippen molar-refractivity contribution in [3.05, 3.63) is 11.9 Å². The number of rotatable bonds is 5. The molecule has 5 heteroatoms. The van der Waals surface area contributed by atoms with Crippen molar-refractivity contribution in [2.75, 3.05) is 29.9 Å². The van der Waals surface area contributed by atoms with E-state index in [0.29, 0.717) is 0 Å². The maximum Gasteiger partial charge on any atom is 0.137 e. The Morgan fingerprint density at radius 2 is 2.33 bits per heavy atom. The van der Waals surface area contributed by atoms with Gasteiger partial charge >= 0.3 is 0 Å². The second kappa shape index (κ2) is 6.00. The summed E-state index contributed by atoms with van der Waals surface area (Å²) in [6.07, 6.45) is 4.83. The van der Waals surface area contributed by atoms with Gasteiger partial charge in [0.05, 0.1) is 12.6 Å². The quantitative estimate of drug-likeness (QED) is 0.830. The molecule has 0 saturated carbocycles. The van der Waals surface area contributed by atoms with Crippen molar-refractivity contribution in [3.8, 4) is 0 Å². The van der Waals surface area contributed by atoms with Crippen molar-refractivity contribution < 1.29 is 5.11 Å². The Bertz CT molecular complexity index is 397. The molecule has 0 bridgehead atoms. The summed E-state index contributed by atoms with van der Waals surface area (Å²) in [7, 11) is 0. The van der Waals surface area contributed by atoms with E-state index in [4.69, 9.17) is 0 Å². The van der Waals surface area contributed by atoms with Crippen molar-refractivity contribution in [3.63, 3.8) is 0 Å². The summed E-state index contributed by atoms with van der Waals surface area (Å²) in [5.41, 5.74) is 1.08. The maximum absolute atomic E-state index is 9.40. The van der Waals surface area contributed by atoms with Crippen LogP contribution in [0.25, 0.3) is 0 Å². The SMILES string of the molecule is CCCNc1ncnc(N2CCCC2CO)c1C. The fraction of sp³-hybridized carbons (Fsp3) is 0.692. The molecule has 1 unspecified atom stereocenters. The lowest BCUT2D eigenvalue weighted by Gasteiger charge is -2.26. The van der Waals surface area contributed by atoms with Gasteiger partial charge in [0.15, 0.2) is 0 Å². The third-order valence-corrected chi connectivity index (χ3v) is 3.46. The average molecular weight is 250 g/mol. The summed E-state index contributed by atoms with van der Waals surface area (Å²) in [6.45, 7) is 6.25. The van der Waals surface area contributed by atoms with Crippen LogP contribution in [0, 0.1) is 6.92 Å². The van der Waals surface area contributed by atoms with Gasteiger partial charge in [0.1, 0.15) is 18.0 Å². The van der Waals surface area contributed by atoms with Gasteiger partial charge < -0.3 is 15.3 Å². The van der Waals surface area contributed by atoms with Gasteiger partial charge in [-0.05, 0) is 26.2 Å². The molecule has 0 spiro atoms. The normalized spacial score (nSPS) is 19.3. The van der Waals surface area contributed by atoms with Crippen LogP contribution in [0.1, 0.15) is 31.7 Å². The molecule has 0 aromatic carbocycles. The van der Waals surface area contributed by atoms with Crippen molar-refractivity contribution in [2.24, 2.45) is 0 Å². The lowest BCUT2D eigenvalue weighted by atomic mass is 10.2. The van der Waals surface area contributed by atoms with Gasteiger partial charge in [-0.1, -0.05) is 6.92 Å². The number of nitrogens with zero attached hydrogens (tertiary/aromatic N) is 3. The molecule has 1 aliphatic rings. The van der Waals surface area contributed by atoms with Crippen LogP contribution in [0.4, 0.5) is 11.6 Å². The molecule has 100 valence electrons. The molecule has 1 aromatic heterocycles. The Hall–Kier alpha value is -1.36. The molecule has 1 atom stereocenters. The molecule has 2 N–H and O–H groups in total. The third-order valence-electron chi connectivity index (χ3n) is 3.46. The Morgan fingerprint density at radius 1 is 1.50 bits per heavy atom. The van der Waals surface area contributed by atoms with Gasteiger partial charge in [-0.25, -0.2) is 9.97 Å². The van der Waals surface area contributed by atoms with Crippen molar-refractivity contribution >= 4 is 11.6 Å².